The third-order valence-electron chi connectivity index (χ3n) is 3.11. The molecule has 1 atom stereocenters. The number of H-pyrrole nitrogens is 1. The summed E-state index contributed by atoms with van der Waals surface area (Å²) >= 11 is 0. The van der Waals surface area contributed by atoms with Crippen molar-refractivity contribution in [1.29, 1.82) is 0 Å². The van der Waals surface area contributed by atoms with Crippen molar-refractivity contribution in [2.24, 2.45) is 5.92 Å². The molecule has 1 aromatic heterocycles. The summed E-state index contributed by atoms with van der Waals surface area (Å²) in [4.78, 5) is 11.7. The number of hydrogen-bond donors (Lipinski definition) is 2. The number of nitrogens with zero attached hydrogens (tertiary/aromatic N) is 1. The minimum atomic E-state index is -3.80. The highest BCUT2D eigenvalue weighted by atomic mass is 32.2. The fourth-order valence-electron chi connectivity index (χ4n) is 2.06. The standard InChI is InChI=1S/C12H19N3O4S/c1-3-19-12(16)10-7-13-14-11(10)20(17,18)15-8(2)6-9-4-5-9/h7-9,15H,3-6H2,1-2H3,(H,13,14). The molecular formula is C12H19N3O4S. The Morgan fingerprint density at radius 2 is 2.30 bits per heavy atom. The zero-order valence-electron chi connectivity index (χ0n) is 11.5. The average Bonchev–Trinajstić information content (AvgIpc) is 3.01. The summed E-state index contributed by atoms with van der Waals surface area (Å²) in [7, 11) is -3.80. The normalized spacial score (nSPS) is 16.9. The van der Waals surface area contributed by atoms with Gasteiger partial charge in [-0.15, -0.1) is 0 Å². The smallest absolute Gasteiger partial charge is 0.342 e. The molecule has 1 saturated carbocycles. The Hall–Kier alpha value is -1.41. The number of carbonyl (C=O) groups is 1. The molecular weight excluding hydrogens is 282 g/mol. The van der Waals surface area contributed by atoms with E-state index in [0.29, 0.717) is 5.92 Å². The van der Waals surface area contributed by atoms with Crippen LogP contribution in [0.25, 0.3) is 0 Å². The molecule has 0 aliphatic heterocycles. The van der Waals surface area contributed by atoms with Crippen molar-refractivity contribution in [3.8, 4) is 0 Å². The van der Waals surface area contributed by atoms with E-state index in [1.54, 1.807) is 6.92 Å². The quantitative estimate of drug-likeness (QED) is 0.733. The minimum absolute atomic E-state index is 0.0713. The third-order valence-corrected chi connectivity index (χ3v) is 4.67. The summed E-state index contributed by atoms with van der Waals surface area (Å²) in [6.45, 7) is 3.65. The van der Waals surface area contributed by atoms with E-state index < -0.39 is 16.0 Å². The van der Waals surface area contributed by atoms with Crippen molar-refractivity contribution in [3.05, 3.63) is 11.8 Å². The van der Waals surface area contributed by atoms with Crippen LogP contribution in [0, 0.1) is 5.92 Å². The molecule has 112 valence electrons. The van der Waals surface area contributed by atoms with Gasteiger partial charge in [0.1, 0.15) is 5.56 Å². The monoisotopic (exact) mass is 301 g/mol. The van der Waals surface area contributed by atoms with Gasteiger partial charge in [-0.25, -0.2) is 17.9 Å². The highest BCUT2D eigenvalue weighted by Crippen LogP contribution is 2.33. The number of esters is 1. The molecule has 1 aliphatic carbocycles. The molecule has 8 heteroatoms. The first-order valence-corrected chi connectivity index (χ1v) is 8.15. The maximum absolute atomic E-state index is 12.2. The van der Waals surface area contributed by atoms with E-state index in [0.717, 1.165) is 25.5 Å². The molecule has 2 N–H and O–H groups in total. The molecule has 1 fully saturated rings. The van der Waals surface area contributed by atoms with Gasteiger partial charge < -0.3 is 4.74 Å². The van der Waals surface area contributed by atoms with Crippen LogP contribution in [-0.4, -0.2) is 37.2 Å². The van der Waals surface area contributed by atoms with E-state index in [4.69, 9.17) is 4.74 Å². The van der Waals surface area contributed by atoms with Crippen LogP contribution in [0.1, 0.15) is 43.5 Å². The second kappa shape index (κ2) is 5.92. The van der Waals surface area contributed by atoms with Gasteiger partial charge in [0, 0.05) is 6.04 Å². The van der Waals surface area contributed by atoms with Crippen molar-refractivity contribution >= 4 is 16.0 Å². The van der Waals surface area contributed by atoms with Crippen LogP contribution in [0.4, 0.5) is 0 Å². The van der Waals surface area contributed by atoms with E-state index in [-0.39, 0.29) is 23.2 Å². The summed E-state index contributed by atoms with van der Waals surface area (Å²) in [6.07, 6.45) is 4.29. The molecule has 0 bridgehead atoms. The first kappa shape index (κ1) is 15.0. The maximum atomic E-state index is 12.2. The number of aromatic amines is 1. The van der Waals surface area contributed by atoms with Crippen LogP contribution in [-0.2, 0) is 14.8 Å². The average molecular weight is 301 g/mol. The Morgan fingerprint density at radius 1 is 1.60 bits per heavy atom. The van der Waals surface area contributed by atoms with Crippen LogP contribution in [0.3, 0.4) is 0 Å². The van der Waals surface area contributed by atoms with Crippen LogP contribution >= 0.6 is 0 Å². The fourth-order valence-corrected chi connectivity index (χ4v) is 3.40. The highest BCUT2D eigenvalue weighted by Gasteiger charge is 2.29. The lowest BCUT2D eigenvalue weighted by Gasteiger charge is -2.13. The van der Waals surface area contributed by atoms with Gasteiger partial charge in [-0.05, 0) is 26.2 Å². The van der Waals surface area contributed by atoms with Gasteiger partial charge in [0.05, 0.1) is 12.8 Å². The second-order valence-electron chi connectivity index (χ2n) is 5.03. The number of hydrogen-bond acceptors (Lipinski definition) is 5. The van der Waals surface area contributed by atoms with Gasteiger partial charge in [-0.2, -0.15) is 5.10 Å². The van der Waals surface area contributed by atoms with Gasteiger partial charge in [-0.3, -0.25) is 5.10 Å². The molecule has 1 heterocycles. The summed E-state index contributed by atoms with van der Waals surface area (Å²) in [5.41, 5.74) is -0.0713. The summed E-state index contributed by atoms with van der Waals surface area (Å²) in [5.74, 6) is -0.0875. The molecule has 7 nitrogen and oxygen atoms in total. The molecule has 20 heavy (non-hydrogen) atoms. The molecule has 0 aromatic carbocycles. The number of rotatable bonds is 7. The SMILES string of the molecule is CCOC(=O)c1cn[nH]c1S(=O)(=O)NC(C)CC1CC1. The molecule has 0 amide bonds. The molecule has 1 unspecified atom stereocenters. The van der Waals surface area contributed by atoms with Crippen molar-refractivity contribution in [2.45, 2.75) is 44.2 Å². The molecule has 1 aliphatic rings. The number of ether oxygens (including phenoxy) is 1. The lowest BCUT2D eigenvalue weighted by Crippen LogP contribution is -2.34. The Bertz CT molecular complexity index is 577. The summed E-state index contributed by atoms with van der Waals surface area (Å²) in [6, 6.07) is -0.175. The van der Waals surface area contributed by atoms with Crippen LogP contribution in [0.15, 0.2) is 11.2 Å². The van der Waals surface area contributed by atoms with E-state index >= 15 is 0 Å². The van der Waals surface area contributed by atoms with E-state index in [1.807, 2.05) is 6.92 Å². The molecule has 0 spiro atoms. The first-order chi connectivity index (χ1) is 9.44. The Balaban J connectivity index is 2.12. The van der Waals surface area contributed by atoms with E-state index in [9.17, 15) is 13.2 Å². The Labute approximate surface area is 118 Å². The summed E-state index contributed by atoms with van der Waals surface area (Å²) < 4.78 is 31.9. The third kappa shape index (κ3) is 3.57. The lowest BCUT2D eigenvalue weighted by molar-refractivity contribution is 0.0522. The Morgan fingerprint density at radius 3 is 2.90 bits per heavy atom. The van der Waals surface area contributed by atoms with Gasteiger partial charge in [-0.1, -0.05) is 12.8 Å². The number of sulfonamides is 1. The predicted molar refractivity (Wildman–Crippen MR) is 71.7 cm³/mol. The molecule has 0 saturated heterocycles. The summed E-state index contributed by atoms with van der Waals surface area (Å²) in [5, 5.41) is 5.75. The number of aromatic nitrogens is 2. The number of carbonyl (C=O) groups excluding carboxylic acids is 1. The van der Waals surface area contributed by atoms with Crippen molar-refractivity contribution in [1.82, 2.24) is 14.9 Å². The maximum Gasteiger partial charge on any atom is 0.342 e. The minimum Gasteiger partial charge on any atom is -0.462 e. The zero-order chi connectivity index (χ0) is 14.8. The van der Waals surface area contributed by atoms with E-state index in [1.165, 1.54) is 0 Å². The van der Waals surface area contributed by atoms with Gasteiger partial charge in [0.15, 0.2) is 5.03 Å². The lowest BCUT2D eigenvalue weighted by atomic mass is 10.2. The van der Waals surface area contributed by atoms with Crippen molar-refractivity contribution in [2.75, 3.05) is 6.61 Å². The first-order valence-electron chi connectivity index (χ1n) is 6.67. The topological polar surface area (TPSA) is 101 Å². The largest absolute Gasteiger partial charge is 0.462 e. The van der Waals surface area contributed by atoms with Gasteiger partial charge >= 0.3 is 5.97 Å². The molecule has 0 radical (unpaired) electrons. The zero-order valence-corrected chi connectivity index (χ0v) is 12.4. The van der Waals surface area contributed by atoms with Gasteiger partial charge in [0.2, 0.25) is 0 Å². The van der Waals surface area contributed by atoms with Crippen LogP contribution in [0.2, 0.25) is 0 Å². The van der Waals surface area contributed by atoms with Crippen LogP contribution < -0.4 is 4.72 Å². The van der Waals surface area contributed by atoms with Crippen molar-refractivity contribution in [3.63, 3.8) is 0 Å². The van der Waals surface area contributed by atoms with Crippen molar-refractivity contribution < 1.29 is 17.9 Å². The Kier molecular flexibility index (Phi) is 4.44. The number of nitrogens with one attached hydrogen (secondary N) is 2. The fraction of sp³-hybridized carbons (Fsp3) is 0.667. The van der Waals surface area contributed by atoms with Gasteiger partial charge in [0.25, 0.3) is 10.0 Å². The predicted octanol–water partition coefficient (Wildman–Crippen LogP) is 1.05. The highest BCUT2D eigenvalue weighted by molar-refractivity contribution is 7.89. The second-order valence-corrected chi connectivity index (χ2v) is 6.69. The van der Waals surface area contributed by atoms with Crippen LogP contribution in [0.5, 0.6) is 0 Å². The molecule has 2 rings (SSSR count). The van der Waals surface area contributed by atoms with E-state index in [2.05, 4.69) is 14.9 Å². The molecule has 1 aromatic rings.